The Morgan fingerprint density at radius 1 is 1.18 bits per heavy atom. The molecule has 0 spiro atoms. The SMILES string of the molecule is Cc1ccc(C)c(NC(=O)c2ccoc2C)c1. The fourth-order valence-electron chi connectivity index (χ4n) is 1.68. The number of anilines is 1. The van der Waals surface area contributed by atoms with Gasteiger partial charge < -0.3 is 9.73 Å². The van der Waals surface area contributed by atoms with Gasteiger partial charge in [0.25, 0.3) is 5.91 Å². The molecule has 17 heavy (non-hydrogen) atoms. The highest BCUT2D eigenvalue weighted by Gasteiger charge is 2.12. The molecule has 0 aliphatic rings. The molecule has 0 aliphatic carbocycles. The topological polar surface area (TPSA) is 42.2 Å². The lowest BCUT2D eigenvalue weighted by molar-refractivity contribution is 0.102. The summed E-state index contributed by atoms with van der Waals surface area (Å²) in [6.45, 7) is 5.74. The molecule has 0 atom stereocenters. The third-order valence-electron chi connectivity index (χ3n) is 2.74. The lowest BCUT2D eigenvalue weighted by Crippen LogP contribution is -2.13. The van der Waals surface area contributed by atoms with E-state index >= 15 is 0 Å². The van der Waals surface area contributed by atoms with Crippen LogP contribution < -0.4 is 5.32 Å². The molecule has 2 aromatic rings. The minimum absolute atomic E-state index is 0.134. The number of hydrogen-bond donors (Lipinski definition) is 1. The van der Waals surface area contributed by atoms with Crippen LogP contribution in [0.2, 0.25) is 0 Å². The lowest BCUT2D eigenvalue weighted by atomic mass is 10.1. The van der Waals surface area contributed by atoms with E-state index < -0.39 is 0 Å². The van der Waals surface area contributed by atoms with E-state index in [1.54, 1.807) is 13.0 Å². The lowest BCUT2D eigenvalue weighted by Gasteiger charge is -2.08. The number of carbonyl (C=O) groups is 1. The monoisotopic (exact) mass is 229 g/mol. The fourth-order valence-corrected chi connectivity index (χ4v) is 1.68. The number of furan rings is 1. The van der Waals surface area contributed by atoms with Crippen LogP contribution in [0.1, 0.15) is 27.2 Å². The number of rotatable bonds is 2. The second-order valence-electron chi connectivity index (χ2n) is 4.16. The molecule has 0 aliphatic heterocycles. The van der Waals surface area contributed by atoms with Gasteiger partial charge in [0.2, 0.25) is 0 Å². The summed E-state index contributed by atoms with van der Waals surface area (Å²) in [5, 5.41) is 2.90. The van der Waals surface area contributed by atoms with Crippen molar-refractivity contribution in [2.75, 3.05) is 5.32 Å². The van der Waals surface area contributed by atoms with E-state index in [0.29, 0.717) is 11.3 Å². The third kappa shape index (κ3) is 2.38. The highest BCUT2D eigenvalue weighted by Crippen LogP contribution is 2.18. The van der Waals surface area contributed by atoms with Gasteiger partial charge in [-0.25, -0.2) is 0 Å². The Balaban J connectivity index is 2.24. The summed E-state index contributed by atoms with van der Waals surface area (Å²) in [6, 6.07) is 7.65. The standard InChI is InChI=1S/C14H15NO2/c1-9-4-5-10(2)13(8-9)15-14(16)12-6-7-17-11(12)3/h4-8H,1-3H3,(H,15,16). The third-order valence-corrected chi connectivity index (χ3v) is 2.74. The van der Waals surface area contributed by atoms with Crippen LogP contribution >= 0.6 is 0 Å². The van der Waals surface area contributed by atoms with Crippen LogP contribution in [0.25, 0.3) is 0 Å². The van der Waals surface area contributed by atoms with E-state index in [1.807, 2.05) is 32.0 Å². The first kappa shape index (κ1) is 11.5. The highest BCUT2D eigenvalue weighted by molar-refractivity contribution is 6.05. The summed E-state index contributed by atoms with van der Waals surface area (Å²) in [5.74, 6) is 0.498. The summed E-state index contributed by atoms with van der Waals surface area (Å²) in [7, 11) is 0. The maximum atomic E-state index is 12.0. The fraction of sp³-hybridized carbons (Fsp3) is 0.214. The van der Waals surface area contributed by atoms with E-state index in [4.69, 9.17) is 4.42 Å². The van der Waals surface area contributed by atoms with Gasteiger partial charge in [0, 0.05) is 5.69 Å². The Hall–Kier alpha value is -2.03. The van der Waals surface area contributed by atoms with Gasteiger partial charge in [-0.3, -0.25) is 4.79 Å². The van der Waals surface area contributed by atoms with Gasteiger partial charge in [0.05, 0.1) is 11.8 Å². The zero-order valence-electron chi connectivity index (χ0n) is 10.2. The van der Waals surface area contributed by atoms with Crippen molar-refractivity contribution >= 4 is 11.6 Å². The van der Waals surface area contributed by atoms with E-state index in [1.165, 1.54) is 6.26 Å². The van der Waals surface area contributed by atoms with E-state index in [9.17, 15) is 4.79 Å². The van der Waals surface area contributed by atoms with Gasteiger partial charge in [-0.2, -0.15) is 0 Å². The molecule has 1 heterocycles. The van der Waals surface area contributed by atoms with Gasteiger partial charge in [0.15, 0.2) is 0 Å². The summed E-state index contributed by atoms with van der Waals surface area (Å²) >= 11 is 0. The molecule has 3 heteroatoms. The molecule has 1 N–H and O–H groups in total. The van der Waals surface area contributed by atoms with E-state index in [2.05, 4.69) is 5.32 Å². The van der Waals surface area contributed by atoms with E-state index in [0.717, 1.165) is 16.8 Å². The minimum atomic E-state index is -0.134. The molecule has 3 nitrogen and oxygen atoms in total. The van der Waals surface area contributed by atoms with E-state index in [-0.39, 0.29) is 5.91 Å². The van der Waals surface area contributed by atoms with Gasteiger partial charge in [0.1, 0.15) is 5.76 Å². The van der Waals surface area contributed by atoms with Crippen molar-refractivity contribution in [3.05, 3.63) is 53.0 Å². The van der Waals surface area contributed by atoms with Crippen LogP contribution in [-0.2, 0) is 0 Å². The predicted octanol–water partition coefficient (Wildman–Crippen LogP) is 3.46. The largest absolute Gasteiger partial charge is 0.469 e. The maximum absolute atomic E-state index is 12.0. The number of nitrogens with one attached hydrogen (secondary N) is 1. The first-order valence-electron chi connectivity index (χ1n) is 5.50. The molecule has 0 bridgehead atoms. The first-order valence-corrected chi connectivity index (χ1v) is 5.50. The Labute approximate surface area is 100 Å². The quantitative estimate of drug-likeness (QED) is 0.856. The number of amides is 1. The van der Waals surface area contributed by atoms with Gasteiger partial charge >= 0.3 is 0 Å². The van der Waals surface area contributed by atoms with Crippen molar-refractivity contribution in [1.29, 1.82) is 0 Å². The van der Waals surface area contributed by atoms with Crippen LogP contribution in [0.3, 0.4) is 0 Å². The smallest absolute Gasteiger partial charge is 0.259 e. The second-order valence-corrected chi connectivity index (χ2v) is 4.16. The molecule has 0 radical (unpaired) electrons. The molecule has 2 rings (SSSR count). The van der Waals surface area contributed by atoms with Crippen molar-refractivity contribution in [2.45, 2.75) is 20.8 Å². The van der Waals surface area contributed by atoms with Gasteiger partial charge in [-0.05, 0) is 44.0 Å². The summed E-state index contributed by atoms with van der Waals surface area (Å²) in [6.07, 6.45) is 1.52. The first-order chi connectivity index (χ1) is 8.08. The van der Waals surface area contributed by atoms with Gasteiger partial charge in [-0.1, -0.05) is 12.1 Å². The number of benzene rings is 1. The molecule has 0 unspecified atom stereocenters. The average Bonchev–Trinajstić information content (AvgIpc) is 2.70. The molecular formula is C14H15NO2. The Bertz CT molecular complexity index is 555. The second kappa shape index (κ2) is 4.45. The zero-order valence-corrected chi connectivity index (χ0v) is 10.2. The summed E-state index contributed by atoms with van der Waals surface area (Å²) in [4.78, 5) is 12.0. The predicted molar refractivity (Wildman–Crippen MR) is 67.3 cm³/mol. The van der Waals surface area contributed by atoms with Crippen molar-refractivity contribution in [1.82, 2.24) is 0 Å². The van der Waals surface area contributed by atoms with Crippen LogP contribution in [0, 0.1) is 20.8 Å². The number of aryl methyl sites for hydroxylation is 3. The van der Waals surface area contributed by atoms with Crippen LogP contribution in [-0.4, -0.2) is 5.91 Å². The zero-order chi connectivity index (χ0) is 12.4. The Kier molecular flexibility index (Phi) is 3.00. The van der Waals surface area contributed by atoms with Crippen molar-refractivity contribution in [3.8, 4) is 0 Å². The molecule has 0 fully saturated rings. The summed E-state index contributed by atoms with van der Waals surface area (Å²) < 4.78 is 5.12. The number of hydrogen-bond acceptors (Lipinski definition) is 2. The van der Waals surface area contributed by atoms with Crippen molar-refractivity contribution in [2.24, 2.45) is 0 Å². The van der Waals surface area contributed by atoms with Crippen LogP contribution in [0.5, 0.6) is 0 Å². The van der Waals surface area contributed by atoms with Crippen molar-refractivity contribution in [3.63, 3.8) is 0 Å². The van der Waals surface area contributed by atoms with Crippen molar-refractivity contribution < 1.29 is 9.21 Å². The average molecular weight is 229 g/mol. The molecule has 0 saturated heterocycles. The number of carbonyl (C=O) groups excluding carboxylic acids is 1. The Morgan fingerprint density at radius 2 is 1.94 bits per heavy atom. The molecule has 1 aromatic heterocycles. The molecule has 0 saturated carbocycles. The molecular weight excluding hydrogens is 214 g/mol. The van der Waals surface area contributed by atoms with Crippen LogP contribution in [0.15, 0.2) is 34.9 Å². The minimum Gasteiger partial charge on any atom is -0.469 e. The maximum Gasteiger partial charge on any atom is 0.259 e. The summed E-state index contributed by atoms with van der Waals surface area (Å²) in [5.41, 5.74) is 3.58. The van der Waals surface area contributed by atoms with Gasteiger partial charge in [-0.15, -0.1) is 0 Å². The Morgan fingerprint density at radius 3 is 2.59 bits per heavy atom. The molecule has 88 valence electrons. The molecule has 1 aromatic carbocycles. The normalized spacial score (nSPS) is 10.3. The highest BCUT2D eigenvalue weighted by atomic mass is 16.3. The van der Waals surface area contributed by atoms with Crippen LogP contribution in [0.4, 0.5) is 5.69 Å². The molecule has 1 amide bonds.